The van der Waals surface area contributed by atoms with Crippen molar-refractivity contribution in [3.8, 4) is 0 Å². The summed E-state index contributed by atoms with van der Waals surface area (Å²) in [6, 6.07) is 10.1. The summed E-state index contributed by atoms with van der Waals surface area (Å²) in [6.07, 6.45) is 0.679. The van der Waals surface area contributed by atoms with E-state index < -0.39 is 12.2 Å². The van der Waals surface area contributed by atoms with Crippen LogP contribution in [0.4, 0.5) is 0 Å². The quantitative estimate of drug-likeness (QED) is 0.181. The third-order valence-corrected chi connectivity index (χ3v) is 20.5. The van der Waals surface area contributed by atoms with E-state index in [2.05, 4.69) is 111 Å². The molecule has 31 atom stereocenters. The fourth-order valence-corrected chi connectivity index (χ4v) is 13.7. The second-order valence-electron chi connectivity index (χ2n) is 25.0. The molecule has 0 saturated carbocycles. The van der Waals surface area contributed by atoms with E-state index >= 15 is 0 Å². The van der Waals surface area contributed by atoms with Gasteiger partial charge < -0.3 is 67.4 Å². The molecular formula is C62H108O14. The van der Waals surface area contributed by atoms with Crippen LogP contribution < -0.4 is 0 Å². The minimum atomic E-state index is -0.724. The van der Waals surface area contributed by atoms with Gasteiger partial charge in [-0.25, -0.2) is 0 Å². The molecule has 0 aliphatic carbocycles. The molecule has 76 heavy (non-hydrogen) atoms. The van der Waals surface area contributed by atoms with Crippen molar-refractivity contribution in [2.24, 2.45) is 76.9 Å². The number of rotatable bonds is 12. The molecule has 3 N–H and O–H groups in total. The van der Waals surface area contributed by atoms with Gasteiger partial charge in [0.05, 0.1) is 93.1 Å². The highest BCUT2D eigenvalue weighted by Gasteiger charge is 2.51. The summed E-state index contributed by atoms with van der Waals surface area (Å²) >= 11 is 0. The lowest BCUT2D eigenvalue weighted by Gasteiger charge is -2.50. The number of hydrogen-bond donors (Lipinski definition) is 3. The minimum Gasteiger partial charge on any atom is -0.394 e. The van der Waals surface area contributed by atoms with E-state index in [1.165, 1.54) is 0 Å². The molecule has 0 amide bonds. The topological polar surface area (TPSA) is 162 Å². The molecule has 0 bridgehead atoms. The van der Waals surface area contributed by atoms with Crippen LogP contribution in [0.1, 0.15) is 163 Å². The zero-order valence-electron chi connectivity index (χ0n) is 50.4. The molecule has 8 rings (SSSR count). The van der Waals surface area contributed by atoms with Crippen molar-refractivity contribution < 1.29 is 67.4 Å². The van der Waals surface area contributed by atoms with Crippen LogP contribution in [0.3, 0.4) is 0 Å². The summed E-state index contributed by atoms with van der Waals surface area (Å²) in [5.74, 6) is 4.95. The van der Waals surface area contributed by atoms with Crippen molar-refractivity contribution >= 4 is 0 Å². The molecule has 440 valence electrons. The van der Waals surface area contributed by atoms with Gasteiger partial charge in [-0.05, 0) is 87.4 Å². The Balaban J connectivity index is 0.000000188. The monoisotopic (exact) mass is 1080 g/mol. The average molecular weight is 1080 g/mol. The fourth-order valence-electron chi connectivity index (χ4n) is 13.7. The Labute approximate surface area is 459 Å². The van der Waals surface area contributed by atoms with Crippen molar-refractivity contribution in [1.82, 2.24) is 0 Å². The molecule has 1 aromatic carbocycles. The molecule has 0 spiro atoms. The van der Waals surface area contributed by atoms with Gasteiger partial charge in [0.1, 0.15) is 12.2 Å². The van der Waals surface area contributed by atoms with Crippen molar-refractivity contribution in [1.29, 1.82) is 0 Å². The van der Waals surface area contributed by atoms with Crippen molar-refractivity contribution in [2.45, 2.75) is 261 Å². The van der Waals surface area contributed by atoms with Crippen LogP contribution in [0.2, 0.25) is 0 Å². The second-order valence-corrected chi connectivity index (χ2v) is 25.0. The molecule has 0 aromatic heterocycles. The first-order chi connectivity index (χ1) is 36.0. The summed E-state index contributed by atoms with van der Waals surface area (Å²) < 4.78 is 68.7. The second kappa shape index (κ2) is 28.6. The smallest absolute Gasteiger partial charge is 0.184 e. The Kier molecular flexibility index (Phi) is 24.0. The highest BCUT2D eigenvalue weighted by Crippen LogP contribution is 2.44. The predicted molar refractivity (Wildman–Crippen MR) is 294 cm³/mol. The lowest BCUT2D eigenvalue weighted by atomic mass is 9.78. The van der Waals surface area contributed by atoms with Crippen LogP contribution in [0.5, 0.6) is 0 Å². The first kappa shape index (κ1) is 63.8. The van der Waals surface area contributed by atoms with E-state index in [-0.39, 0.29) is 129 Å². The van der Waals surface area contributed by atoms with Crippen LogP contribution in [0.15, 0.2) is 30.3 Å². The van der Waals surface area contributed by atoms with Crippen LogP contribution in [-0.2, 0) is 52.1 Å². The number of ether oxygens (including phenoxy) is 11. The van der Waals surface area contributed by atoms with E-state index in [1.807, 2.05) is 51.1 Å². The zero-order chi connectivity index (χ0) is 56.0. The van der Waals surface area contributed by atoms with Gasteiger partial charge in [0.25, 0.3) is 0 Å². The summed E-state index contributed by atoms with van der Waals surface area (Å²) in [6.45, 7) is 41.9. The number of hydrogen-bond acceptors (Lipinski definition) is 14. The molecule has 14 nitrogen and oxygen atoms in total. The predicted octanol–water partition coefficient (Wildman–Crippen LogP) is 10.6. The number of benzene rings is 1. The maximum atomic E-state index is 10.3. The summed E-state index contributed by atoms with van der Waals surface area (Å²) in [5, 5.41) is 29.1. The molecule has 7 heterocycles. The molecule has 7 fully saturated rings. The van der Waals surface area contributed by atoms with E-state index in [9.17, 15) is 15.3 Å². The third-order valence-electron chi connectivity index (χ3n) is 20.5. The summed E-state index contributed by atoms with van der Waals surface area (Å²) in [5.41, 5.74) is 1.04. The summed E-state index contributed by atoms with van der Waals surface area (Å²) in [4.78, 5) is 0. The third kappa shape index (κ3) is 14.3. The highest BCUT2D eigenvalue weighted by molar-refractivity contribution is 5.16. The Bertz CT molecular complexity index is 1750. The average Bonchev–Trinajstić information content (AvgIpc) is 3.42. The Hall–Kier alpha value is -1.34. The fraction of sp³-hybridized carbons (Fsp3) is 0.903. The van der Waals surface area contributed by atoms with Crippen molar-refractivity contribution in [3.05, 3.63) is 35.9 Å². The van der Waals surface area contributed by atoms with Gasteiger partial charge in [-0.15, -0.1) is 0 Å². The van der Waals surface area contributed by atoms with Gasteiger partial charge in [0, 0.05) is 35.2 Å². The summed E-state index contributed by atoms with van der Waals surface area (Å²) in [7, 11) is 0. The largest absolute Gasteiger partial charge is 0.394 e. The molecule has 7 saturated heterocycles. The highest BCUT2D eigenvalue weighted by atomic mass is 16.7. The number of aliphatic hydroxyl groups excluding tert-OH is 3. The molecule has 7 aliphatic rings. The van der Waals surface area contributed by atoms with Gasteiger partial charge in [-0.3, -0.25) is 0 Å². The Morgan fingerprint density at radius 2 is 0.789 bits per heavy atom. The molecule has 16 unspecified atom stereocenters. The van der Waals surface area contributed by atoms with Crippen LogP contribution in [0, 0.1) is 76.9 Å². The van der Waals surface area contributed by atoms with E-state index in [1.54, 1.807) is 0 Å². The molecular weight excluding hydrogens is 969 g/mol. The van der Waals surface area contributed by atoms with Gasteiger partial charge in [-0.1, -0.05) is 141 Å². The maximum Gasteiger partial charge on any atom is 0.184 e. The van der Waals surface area contributed by atoms with Gasteiger partial charge >= 0.3 is 0 Å². The first-order valence-corrected chi connectivity index (χ1v) is 30.1. The van der Waals surface area contributed by atoms with Gasteiger partial charge in [0.2, 0.25) is 0 Å². The van der Waals surface area contributed by atoms with E-state index in [0.717, 1.165) is 24.8 Å². The first-order valence-electron chi connectivity index (χ1n) is 30.1. The Morgan fingerprint density at radius 1 is 0.408 bits per heavy atom. The Morgan fingerprint density at radius 3 is 1.21 bits per heavy atom. The maximum absolute atomic E-state index is 10.3. The SMILES string of the molecule is CCC1O[C@H](OC2C(C)O[C@@H](CO)C(C)[C@@H]2C)C(C)[C@@H](C)[C@@H]1C.CCC1O[C@H](OC2C(C)O[C@@H](CO)C(O)[C@@H]2C)C(C)[C@@H](C)[C@@H]1C.CCC1O[C@H](OC2C(C)O[C@H]3COC(c4ccccc4)OC3[C@@H]2C)C(C)[C@@H](C)[C@@H]1C. The van der Waals surface area contributed by atoms with Crippen LogP contribution >= 0.6 is 0 Å². The van der Waals surface area contributed by atoms with E-state index in [0.29, 0.717) is 65.8 Å². The van der Waals surface area contributed by atoms with Crippen LogP contribution in [-0.4, -0.2) is 139 Å². The standard InChI is InChI=1S/C25H38O5.C19H36O4.C18H34O5/c1-7-20-15(3)14(2)16(4)24(28-20)29-22-17(5)23-21(27-18(22)6)13-26-25(30-23)19-11-9-8-10-12-19;1-8-16-11(3)10(2)14(6)19(22-16)23-18-13(5)12(4)17(9-20)21-15(18)7;1-7-14-10(3)9(2)11(4)18(22-14)23-17-12(5)16(20)15(8-19)21-13(17)6/h8-12,14-18,20-25H,7,13H2,1-6H3;10-20H,8-9H2,1-7H3;9-20H,7-8H2,1-6H3/t14-,15-,16?,17+,18?,20?,21-,22?,23?,24+,25?;10-,11-,12?,13-,14?,15?,16?,17-,18?,19+;9-,10-,11?,12-,13?,14?,15-,16?,17?,18+/m000/s1. The molecule has 1 aromatic rings. The molecule has 0 radical (unpaired) electrons. The minimum absolute atomic E-state index is 0.0124. The van der Waals surface area contributed by atoms with Gasteiger partial charge in [-0.2, -0.15) is 0 Å². The lowest BCUT2D eigenvalue weighted by molar-refractivity contribution is -0.344. The lowest BCUT2D eigenvalue weighted by Crippen LogP contribution is -2.59. The zero-order valence-corrected chi connectivity index (χ0v) is 50.4. The molecule has 7 aliphatic heterocycles. The number of aliphatic hydroxyl groups is 3. The number of fused-ring (bicyclic) bond motifs is 1. The van der Waals surface area contributed by atoms with Crippen molar-refractivity contribution in [2.75, 3.05) is 19.8 Å². The van der Waals surface area contributed by atoms with Crippen LogP contribution in [0.25, 0.3) is 0 Å². The molecule has 14 heteroatoms. The normalized spacial score (nSPS) is 49.8. The van der Waals surface area contributed by atoms with E-state index in [4.69, 9.17) is 52.1 Å². The van der Waals surface area contributed by atoms with Crippen molar-refractivity contribution in [3.63, 3.8) is 0 Å². The van der Waals surface area contributed by atoms with Gasteiger partial charge in [0.15, 0.2) is 25.2 Å².